The number of Topliss-reactive ketones (excluding diaryl/α,β-unsaturated/α-hetero) is 1. The van der Waals surface area contributed by atoms with Crippen LogP contribution in [0.25, 0.3) is 11.0 Å². The quantitative estimate of drug-likeness (QED) is 0.482. The third-order valence-electron chi connectivity index (χ3n) is 4.48. The van der Waals surface area contributed by atoms with Crippen molar-refractivity contribution in [1.82, 2.24) is 4.98 Å². The number of hydrogen-bond donors (Lipinski definition) is 2. The molecule has 0 bridgehead atoms. The minimum absolute atomic E-state index is 0.127. The first-order valence-corrected chi connectivity index (χ1v) is 8.83. The molecule has 0 saturated carbocycles. The molecular weight excluding hydrogens is 357 g/mol. The van der Waals surface area contributed by atoms with Crippen LogP contribution in [0.2, 0.25) is 0 Å². The molecule has 2 aromatic heterocycles. The Morgan fingerprint density at radius 3 is 2.79 bits per heavy atom. The third-order valence-corrected chi connectivity index (χ3v) is 4.48. The van der Waals surface area contributed by atoms with Gasteiger partial charge in [0.05, 0.1) is 5.69 Å². The lowest BCUT2D eigenvalue weighted by molar-refractivity contribution is 0.0968. The molecule has 0 aliphatic heterocycles. The van der Waals surface area contributed by atoms with E-state index >= 15 is 0 Å². The smallest absolute Gasteiger partial charge is 0.202 e. The Kier molecular flexibility index (Phi) is 4.76. The van der Waals surface area contributed by atoms with Crippen LogP contribution >= 0.6 is 0 Å². The molecule has 0 saturated heterocycles. The average molecular weight is 375 g/mol. The first kappa shape index (κ1) is 17.7. The highest BCUT2D eigenvalue weighted by Gasteiger charge is 2.14. The first-order valence-electron chi connectivity index (χ1n) is 8.83. The zero-order valence-electron chi connectivity index (χ0n) is 15.0. The van der Waals surface area contributed by atoms with Gasteiger partial charge in [-0.15, -0.1) is 0 Å². The van der Waals surface area contributed by atoms with Gasteiger partial charge < -0.3 is 15.5 Å². The van der Waals surface area contributed by atoms with Crippen LogP contribution < -0.4 is 11.1 Å². The minimum atomic E-state index is -0.352. The molecule has 2 aromatic carbocycles. The van der Waals surface area contributed by atoms with Crippen LogP contribution in [0.3, 0.4) is 0 Å². The molecule has 0 aliphatic carbocycles. The Balaban J connectivity index is 1.50. The number of nitrogens with two attached hydrogens (primary N) is 1. The van der Waals surface area contributed by atoms with Crippen LogP contribution in [0.1, 0.15) is 21.7 Å². The highest BCUT2D eigenvalue weighted by atomic mass is 19.1. The van der Waals surface area contributed by atoms with Gasteiger partial charge in [0.15, 0.2) is 5.76 Å². The lowest BCUT2D eigenvalue weighted by Gasteiger charge is -2.10. The summed E-state index contributed by atoms with van der Waals surface area (Å²) in [6.45, 7) is 0.231. The Bertz CT molecular complexity index is 1120. The number of fused-ring (bicyclic) bond motifs is 1. The molecule has 4 rings (SSSR count). The number of furan rings is 1. The van der Waals surface area contributed by atoms with Gasteiger partial charge in [0.1, 0.15) is 17.2 Å². The highest BCUT2D eigenvalue weighted by molar-refractivity contribution is 5.98. The standard InChI is InChI=1S/C22H18FN3O2/c23-17-8-7-14(10-16(17)13-26-18-5-3-9-25-22(18)24)11-19(27)21-12-15-4-1-2-6-20(15)28-21/h1-10,12,26H,11,13H2,(H2,24,25). The molecule has 0 atom stereocenters. The summed E-state index contributed by atoms with van der Waals surface area (Å²) in [7, 11) is 0. The first-order chi connectivity index (χ1) is 13.6. The van der Waals surface area contributed by atoms with Crippen molar-refractivity contribution in [3.05, 3.63) is 89.6 Å². The maximum absolute atomic E-state index is 14.2. The van der Waals surface area contributed by atoms with Crippen LogP contribution in [-0.2, 0) is 13.0 Å². The number of nitrogen functional groups attached to an aromatic ring is 1. The number of nitrogens with one attached hydrogen (secondary N) is 1. The van der Waals surface area contributed by atoms with Crippen LogP contribution in [0, 0.1) is 5.82 Å². The van der Waals surface area contributed by atoms with E-state index in [2.05, 4.69) is 10.3 Å². The summed E-state index contributed by atoms with van der Waals surface area (Å²) in [5.41, 5.74) is 8.25. The second-order valence-electron chi connectivity index (χ2n) is 6.46. The van der Waals surface area contributed by atoms with Crippen molar-refractivity contribution >= 4 is 28.3 Å². The molecule has 5 nitrogen and oxygen atoms in total. The number of carbonyl (C=O) groups excluding carboxylic acids is 1. The van der Waals surface area contributed by atoms with Gasteiger partial charge in [-0.2, -0.15) is 0 Å². The number of benzene rings is 2. The van der Waals surface area contributed by atoms with E-state index in [0.717, 1.165) is 5.39 Å². The van der Waals surface area contributed by atoms with Crippen molar-refractivity contribution in [2.75, 3.05) is 11.1 Å². The summed E-state index contributed by atoms with van der Waals surface area (Å²) in [5.74, 6) is 0.139. The number of aromatic nitrogens is 1. The van der Waals surface area contributed by atoms with E-state index in [0.29, 0.717) is 34.0 Å². The van der Waals surface area contributed by atoms with Gasteiger partial charge >= 0.3 is 0 Å². The molecule has 0 radical (unpaired) electrons. The summed E-state index contributed by atoms with van der Waals surface area (Å²) in [6.07, 6.45) is 1.72. The number of anilines is 2. The summed E-state index contributed by atoms with van der Waals surface area (Å²) in [4.78, 5) is 16.6. The van der Waals surface area contributed by atoms with Gasteiger partial charge in [0.25, 0.3) is 0 Å². The number of pyridine rings is 1. The van der Waals surface area contributed by atoms with Gasteiger partial charge in [-0.25, -0.2) is 9.37 Å². The van der Waals surface area contributed by atoms with E-state index < -0.39 is 0 Å². The maximum Gasteiger partial charge on any atom is 0.202 e. The Labute approximate surface area is 161 Å². The van der Waals surface area contributed by atoms with Crippen molar-refractivity contribution in [2.45, 2.75) is 13.0 Å². The number of halogens is 1. The predicted octanol–water partition coefficient (Wildman–Crippen LogP) is 4.59. The number of carbonyl (C=O) groups is 1. The number of para-hydroxylation sites is 1. The van der Waals surface area contributed by atoms with Crippen LogP contribution in [0.15, 0.2) is 71.3 Å². The molecule has 140 valence electrons. The normalized spacial score (nSPS) is 10.9. The summed E-state index contributed by atoms with van der Waals surface area (Å²) < 4.78 is 19.8. The summed E-state index contributed by atoms with van der Waals surface area (Å²) in [5, 5.41) is 3.95. The molecule has 0 unspecified atom stereocenters. The second kappa shape index (κ2) is 7.52. The van der Waals surface area contributed by atoms with E-state index in [1.165, 1.54) is 6.07 Å². The fraction of sp³-hybridized carbons (Fsp3) is 0.0909. The molecule has 4 aromatic rings. The van der Waals surface area contributed by atoms with Gasteiger partial charge in [0, 0.05) is 30.1 Å². The fourth-order valence-corrected chi connectivity index (χ4v) is 3.02. The van der Waals surface area contributed by atoms with Gasteiger partial charge in [0.2, 0.25) is 5.78 Å². The van der Waals surface area contributed by atoms with Crippen molar-refractivity contribution in [3.8, 4) is 0 Å². The second-order valence-corrected chi connectivity index (χ2v) is 6.46. The maximum atomic E-state index is 14.2. The van der Waals surface area contributed by atoms with E-state index in [-0.39, 0.29) is 24.6 Å². The molecule has 0 aliphatic rings. The van der Waals surface area contributed by atoms with Crippen LogP contribution in [0.4, 0.5) is 15.9 Å². The van der Waals surface area contributed by atoms with Crippen molar-refractivity contribution in [1.29, 1.82) is 0 Å². The van der Waals surface area contributed by atoms with Gasteiger partial charge in [-0.3, -0.25) is 4.79 Å². The fourth-order valence-electron chi connectivity index (χ4n) is 3.02. The lowest BCUT2D eigenvalue weighted by atomic mass is 10.0. The van der Waals surface area contributed by atoms with E-state index in [1.807, 2.05) is 24.3 Å². The SMILES string of the molecule is Nc1ncccc1NCc1cc(CC(=O)c2cc3ccccc3o2)ccc1F. The number of ketones is 1. The predicted molar refractivity (Wildman–Crippen MR) is 107 cm³/mol. The van der Waals surface area contributed by atoms with Crippen molar-refractivity contribution in [2.24, 2.45) is 0 Å². The van der Waals surface area contributed by atoms with Crippen LogP contribution in [0.5, 0.6) is 0 Å². The molecule has 6 heteroatoms. The van der Waals surface area contributed by atoms with Crippen molar-refractivity contribution < 1.29 is 13.6 Å². The van der Waals surface area contributed by atoms with Gasteiger partial charge in [-0.05, 0) is 35.9 Å². The average Bonchev–Trinajstić information content (AvgIpc) is 3.14. The number of hydrogen-bond acceptors (Lipinski definition) is 5. The Morgan fingerprint density at radius 1 is 1.11 bits per heavy atom. The molecule has 2 heterocycles. The molecule has 0 amide bonds. The van der Waals surface area contributed by atoms with E-state index in [4.69, 9.17) is 10.2 Å². The van der Waals surface area contributed by atoms with E-state index in [9.17, 15) is 9.18 Å². The molecular formula is C22H18FN3O2. The third kappa shape index (κ3) is 3.71. The van der Waals surface area contributed by atoms with E-state index in [1.54, 1.807) is 36.5 Å². The zero-order valence-corrected chi connectivity index (χ0v) is 15.0. The molecule has 28 heavy (non-hydrogen) atoms. The minimum Gasteiger partial charge on any atom is -0.453 e. The monoisotopic (exact) mass is 375 g/mol. The topological polar surface area (TPSA) is 81.1 Å². The number of rotatable bonds is 6. The number of nitrogens with zero attached hydrogens (tertiary/aromatic N) is 1. The Hall–Kier alpha value is -3.67. The lowest BCUT2D eigenvalue weighted by Crippen LogP contribution is -2.07. The summed E-state index contributed by atoms with van der Waals surface area (Å²) in [6, 6.07) is 17.4. The zero-order chi connectivity index (χ0) is 19.5. The highest BCUT2D eigenvalue weighted by Crippen LogP contribution is 2.21. The van der Waals surface area contributed by atoms with Crippen LogP contribution in [-0.4, -0.2) is 10.8 Å². The Morgan fingerprint density at radius 2 is 1.96 bits per heavy atom. The van der Waals surface area contributed by atoms with Crippen molar-refractivity contribution in [3.63, 3.8) is 0 Å². The largest absolute Gasteiger partial charge is 0.453 e. The summed E-state index contributed by atoms with van der Waals surface area (Å²) >= 11 is 0. The molecule has 0 fully saturated rings. The van der Waals surface area contributed by atoms with Gasteiger partial charge in [-0.1, -0.05) is 30.3 Å². The molecule has 3 N–H and O–H groups in total. The molecule has 0 spiro atoms.